The summed E-state index contributed by atoms with van der Waals surface area (Å²) in [7, 11) is 0. The van der Waals surface area contributed by atoms with E-state index in [0.717, 1.165) is 25.8 Å². The first-order valence-corrected chi connectivity index (χ1v) is 9.32. The van der Waals surface area contributed by atoms with Crippen molar-refractivity contribution < 1.29 is 14.3 Å². The number of nitrogens with zero attached hydrogens (tertiary/aromatic N) is 2. The van der Waals surface area contributed by atoms with E-state index in [1.807, 2.05) is 16.7 Å². The molecule has 2 heterocycles. The lowest BCUT2D eigenvalue weighted by Gasteiger charge is -2.48. The Morgan fingerprint density at radius 1 is 1.25 bits per heavy atom. The summed E-state index contributed by atoms with van der Waals surface area (Å²) in [6.07, 6.45) is 6.01. The van der Waals surface area contributed by atoms with E-state index in [1.165, 1.54) is 12.8 Å². The van der Waals surface area contributed by atoms with E-state index in [0.29, 0.717) is 26.1 Å². The molecule has 1 atom stereocenters. The maximum Gasteiger partial charge on any atom is 0.317 e. The SMILES string of the molecule is C[C@@H](CN1CCCC1=O)NC(=O)N1CC(C)(C)OC2(CCCC2)C1. The van der Waals surface area contributed by atoms with Crippen LogP contribution in [0, 0.1) is 0 Å². The lowest BCUT2D eigenvalue weighted by atomic mass is 9.94. The van der Waals surface area contributed by atoms with E-state index in [-0.39, 0.29) is 29.2 Å². The largest absolute Gasteiger partial charge is 0.365 e. The van der Waals surface area contributed by atoms with Gasteiger partial charge in [0.2, 0.25) is 5.91 Å². The number of urea groups is 1. The quantitative estimate of drug-likeness (QED) is 0.858. The average Bonchev–Trinajstić information content (AvgIpc) is 3.07. The summed E-state index contributed by atoms with van der Waals surface area (Å²) in [5.41, 5.74) is -0.471. The van der Waals surface area contributed by atoms with Gasteiger partial charge in [-0.05, 0) is 40.0 Å². The van der Waals surface area contributed by atoms with Crippen molar-refractivity contribution in [2.24, 2.45) is 0 Å². The van der Waals surface area contributed by atoms with E-state index in [1.54, 1.807) is 0 Å². The molecule has 24 heavy (non-hydrogen) atoms. The van der Waals surface area contributed by atoms with Crippen molar-refractivity contribution in [1.29, 1.82) is 0 Å². The number of nitrogens with one attached hydrogen (secondary N) is 1. The Kier molecular flexibility index (Phi) is 4.78. The lowest BCUT2D eigenvalue weighted by Crippen LogP contribution is -2.62. The standard InChI is InChI=1S/C18H31N3O3/c1-14(11-20-10-6-7-15(20)22)19-16(23)21-12-17(2,3)24-18(13-21)8-4-5-9-18/h14H,4-13H2,1-3H3,(H,19,23)/t14-/m0/s1. The van der Waals surface area contributed by atoms with Crippen LogP contribution in [0.25, 0.3) is 0 Å². The van der Waals surface area contributed by atoms with Gasteiger partial charge in [-0.15, -0.1) is 0 Å². The molecule has 1 spiro atoms. The van der Waals surface area contributed by atoms with Crippen LogP contribution >= 0.6 is 0 Å². The molecule has 136 valence electrons. The molecule has 0 unspecified atom stereocenters. The van der Waals surface area contributed by atoms with Crippen molar-refractivity contribution in [3.05, 3.63) is 0 Å². The van der Waals surface area contributed by atoms with Gasteiger partial charge in [0, 0.05) is 25.6 Å². The summed E-state index contributed by atoms with van der Waals surface area (Å²) in [5.74, 6) is 0.202. The van der Waals surface area contributed by atoms with Crippen LogP contribution in [0.2, 0.25) is 0 Å². The number of carbonyl (C=O) groups excluding carboxylic acids is 2. The van der Waals surface area contributed by atoms with Gasteiger partial charge in [0.05, 0.1) is 24.3 Å². The first kappa shape index (κ1) is 17.5. The van der Waals surface area contributed by atoms with E-state index in [2.05, 4.69) is 19.2 Å². The van der Waals surface area contributed by atoms with Gasteiger partial charge in [-0.1, -0.05) is 12.8 Å². The number of hydrogen-bond donors (Lipinski definition) is 1. The Hall–Kier alpha value is -1.30. The van der Waals surface area contributed by atoms with E-state index in [4.69, 9.17) is 4.74 Å². The molecule has 0 radical (unpaired) electrons. The number of carbonyl (C=O) groups is 2. The van der Waals surface area contributed by atoms with Crippen LogP contribution in [0.4, 0.5) is 4.79 Å². The van der Waals surface area contributed by atoms with Gasteiger partial charge in [-0.3, -0.25) is 4.79 Å². The van der Waals surface area contributed by atoms with Gasteiger partial charge in [0.15, 0.2) is 0 Å². The normalized spacial score (nSPS) is 26.9. The van der Waals surface area contributed by atoms with Gasteiger partial charge < -0.3 is 19.9 Å². The maximum absolute atomic E-state index is 12.7. The molecule has 2 saturated heterocycles. The summed E-state index contributed by atoms with van der Waals surface area (Å²) in [6.45, 7) is 8.81. The van der Waals surface area contributed by atoms with Crippen molar-refractivity contribution >= 4 is 11.9 Å². The summed E-state index contributed by atoms with van der Waals surface area (Å²) >= 11 is 0. The van der Waals surface area contributed by atoms with Crippen molar-refractivity contribution in [1.82, 2.24) is 15.1 Å². The highest BCUT2D eigenvalue weighted by molar-refractivity contribution is 5.78. The predicted molar refractivity (Wildman–Crippen MR) is 91.7 cm³/mol. The van der Waals surface area contributed by atoms with Crippen LogP contribution in [-0.2, 0) is 9.53 Å². The Labute approximate surface area is 144 Å². The molecule has 1 saturated carbocycles. The topological polar surface area (TPSA) is 61.9 Å². The lowest BCUT2D eigenvalue weighted by molar-refractivity contribution is -0.184. The van der Waals surface area contributed by atoms with Crippen LogP contribution in [-0.4, -0.2) is 65.2 Å². The van der Waals surface area contributed by atoms with E-state index in [9.17, 15) is 9.59 Å². The molecule has 3 rings (SSSR count). The molecule has 6 nitrogen and oxygen atoms in total. The molecule has 1 N–H and O–H groups in total. The van der Waals surface area contributed by atoms with Crippen molar-refractivity contribution in [2.75, 3.05) is 26.2 Å². The minimum atomic E-state index is -0.311. The predicted octanol–water partition coefficient (Wildman–Crippen LogP) is 2.13. The molecule has 0 aromatic rings. The molecule has 2 aliphatic heterocycles. The molecule has 1 aliphatic carbocycles. The number of likely N-dealkylation sites (tertiary alicyclic amines) is 1. The average molecular weight is 337 g/mol. The second-order valence-electron chi connectivity index (χ2n) is 8.40. The second kappa shape index (κ2) is 6.54. The summed E-state index contributed by atoms with van der Waals surface area (Å²) in [6, 6.07) is -0.0677. The number of rotatable bonds is 3. The Morgan fingerprint density at radius 3 is 2.58 bits per heavy atom. The Balaban J connectivity index is 1.58. The van der Waals surface area contributed by atoms with Gasteiger partial charge >= 0.3 is 6.03 Å². The van der Waals surface area contributed by atoms with Gasteiger partial charge in [0.1, 0.15) is 0 Å². The number of ether oxygens (including phenoxy) is 1. The van der Waals surface area contributed by atoms with Crippen LogP contribution < -0.4 is 5.32 Å². The molecular weight excluding hydrogens is 306 g/mol. The summed E-state index contributed by atoms with van der Waals surface area (Å²) < 4.78 is 6.35. The summed E-state index contributed by atoms with van der Waals surface area (Å²) in [4.78, 5) is 28.3. The minimum Gasteiger partial charge on any atom is -0.365 e. The first-order chi connectivity index (χ1) is 11.3. The third-order valence-corrected chi connectivity index (χ3v) is 5.38. The summed E-state index contributed by atoms with van der Waals surface area (Å²) in [5, 5.41) is 3.08. The Morgan fingerprint density at radius 2 is 1.96 bits per heavy atom. The minimum absolute atomic E-state index is 0.0307. The Bertz CT molecular complexity index is 500. The third kappa shape index (κ3) is 3.85. The zero-order valence-electron chi connectivity index (χ0n) is 15.3. The smallest absolute Gasteiger partial charge is 0.317 e. The molecule has 0 bridgehead atoms. The number of morpholine rings is 1. The number of hydrogen-bond acceptors (Lipinski definition) is 3. The number of amides is 3. The van der Waals surface area contributed by atoms with Gasteiger partial charge in [-0.2, -0.15) is 0 Å². The fourth-order valence-electron chi connectivity index (χ4n) is 4.51. The fourth-order valence-corrected chi connectivity index (χ4v) is 4.51. The van der Waals surface area contributed by atoms with Crippen LogP contribution in [0.3, 0.4) is 0 Å². The highest BCUT2D eigenvalue weighted by Crippen LogP contribution is 2.40. The third-order valence-electron chi connectivity index (χ3n) is 5.38. The van der Waals surface area contributed by atoms with E-state index < -0.39 is 0 Å². The fraction of sp³-hybridized carbons (Fsp3) is 0.889. The zero-order chi connectivity index (χ0) is 17.4. The van der Waals surface area contributed by atoms with Gasteiger partial charge in [0.25, 0.3) is 0 Å². The molecule has 3 fully saturated rings. The highest BCUT2D eigenvalue weighted by atomic mass is 16.5. The van der Waals surface area contributed by atoms with Crippen LogP contribution in [0.15, 0.2) is 0 Å². The molecule has 3 aliphatic rings. The second-order valence-corrected chi connectivity index (χ2v) is 8.40. The zero-order valence-corrected chi connectivity index (χ0v) is 15.3. The monoisotopic (exact) mass is 337 g/mol. The first-order valence-electron chi connectivity index (χ1n) is 9.32. The van der Waals surface area contributed by atoms with E-state index >= 15 is 0 Å². The maximum atomic E-state index is 12.7. The van der Waals surface area contributed by atoms with Crippen LogP contribution in [0.5, 0.6) is 0 Å². The van der Waals surface area contributed by atoms with Crippen molar-refractivity contribution in [3.63, 3.8) is 0 Å². The van der Waals surface area contributed by atoms with Crippen molar-refractivity contribution in [3.8, 4) is 0 Å². The van der Waals surface area contributed by atoms with Crippen LogP contribution in [0.1, 0.15) is 59.3 Å². The molecule has 6 heteroatoms. The molecule has 0 aromatic heterocycles. The van der Waals surface area contributed by atoms with Gasteiger partial charge in [-0.25, -0.2) is 4.79 Å². The highest BCUT2D eigenvalue weighted by Gasteiger charge is 2.47. The molecular formula is C18H31N3O3. The molecule has 3 amide bonds. The van der Waals surface area contributed by atoms with Crippen molar-refractivity contribution in [2.45, 2.75) is 76.5 Å². The molecule has 0 aromatic carbocycles.